The number of fused-ring (bicyclic) bond motifs is 1. The van der Waals surface area contributed by atoms with Gasteiger partial charge in [0.1, 0.15) is 0 Å². The highest BCUT2D eigenvalue weighted by Gasteiger charge is 2.57. The number of nitrogens with zero attached hydrogens (tertiary/aromatic N) is 1. The van der Waals surface area contributed by atoms with E-state index in [1.807, 2.05) is 19.0 Å². The minimum absolute atomic E-state index is 0.401. The van der Waals surface area contributed by atoms with Crippen LogP contribution in [0.5, 0.6) is 0 Å². The molecule has 0 aliphatic heterocycles. The average Bonchev–Trinajstić information content (AvgIpc) is 2.70. The number of carbonyl (C=O) groups is 1. The van der Waals surface area contributed by atoms with Crippen LogP contribution in [0.15, 0.2) is 0 Å². The van der Waals surface area contributed by atoms with Crippen LogP contribution in [0.1, 0.15) is 25.7 Å². The minimum atomic E-state index is 0.401. The molecule has 2 saturated carbocycles. The van der Waals surface area contributed by atoms with Crippen LogP contribution < -0.4 is 5.32 Å². The summed E-state index contributed by atoms with van der Waals surface area (Å²) in [6.07, 6.45) is 5.00. The van der Waals surface area contributed by atoms with Crippen LogP contribution in [-0.2, 0) is 4.79 Å². The third-order valence-electron chi connectivity index (χ3n) is 3.99. The monoisotopic (exact) mass is 210 g/mol. The SMILES string of the molecule is CNCCCN(C)C(=O)C1C2CCCC21. The van der Waals surface area contributed by atoms with E-state index in [2.05, 4.69) is 5.32 Å². The van der Waals surface area contributed by atoms with Gasteiger partial charge in [0.05, 0.1) is 0 Å². The molecule has 3 heteroatoms. The van der Waals surface area contributed by atoms with E-state index in [-0.39, 0.29) is 0 Å². The second-order valence-electron chi connectivity index (χ2n) is 5.00. The molecule has 0 bridgehead atoms. The predicted molar refractivity (Wildman–Crippen MR) is 60.5 cm³/mol. The van der Waals surface area contributed by atoms with Crippen LogP contribution in [0.4, 0.5) is 0 Å². The Hall–Kier alpha value is -0.570. The highest BCUT2D eigenvalue weighted by atomic mass is 16.2. The van der Waals surface area contributed by atoms with Gasteiger partial charge >= 0.3 is 0 Å². The van der Waals surface area contributed by atoms with Crippen molar-refractivity contribution in [3.05, 3.63) is 0 Å². The molecule has 15 heavy (non-hydrogen) atoms. The summed E-state index contributed by atoms with van der Waals surface area (Å²) < 4.78 is 0. The second-order valence-corrected chi connectivity index (χ2v) is 5.00. The van der Waals surface area contributed by atoms with E-state index < -0.39 is 0 Å². The molecule has 2 unspecified atom stereocenters. The Morgan fingerprint density at radius 2 is 2.07 bits per heavy atom. The maximum absolute atomic E-state index is 12.0. The van der Waals surface area contributed by atoms with Crippen molar-refractivity contribution in [1.82, 2.24) is 10.2 Å². The van der Waals surface area contributed by atoms with E-state index in [1.54, 1.807) is 0 Å². The van der Waals surface area contributed by atoms with E-state index >= 15 is 0 Å². The topological polar surface area (TPSA) is 32.3 Å². The fourth-order valence-corrected chi connectivity index (χ4v) is 3.05. The van der Waals surface area contributed by atoms with Gasteiger partial charge in [-0.05, 0) is 44.7 Å². The molecule has 0 heterocycles. The molecule has 0 aromatic rings. The molecule has 2 aliphatic carbocycles. The first-order valence-electron chi connectivity index (χ1n) is 6.15. The quantitative estimate of drug-likeness (QED) is 0.689. The summed E-state index contributed by atoms with van der Waals surface area (Å²) in [7, 11) is 3.90. The van der Waals surface area contributed by atoms with Gasteiger partial charge in [0.15, 0.2) is 0 Å². The number of rotatable bonds is 5. The summed E-state index contributed by atoms with van der Waals surface area (Å²) >= 11 is 0. The Balaban J connectivity index is 1.72. The highest BCUT2D eigenvalue weighted by Crippen LogP contribution is 2.57. The van der Waals surface area contributed by atoms with Crippen LogP contribution in [-0.4, -0.2) is 38.0 Å². The molecule has 3 nitrogen and oxygen atoms in total. The first kappa shape index (κ1) is 10.9. The van der Waals surface area contributed by atoms with Crippen LogP contribution in [0, 0.1) is 17.8 Å². The van der Waals surface area contributed by atoms with Crippen molar-refractivity contribution in [2.24, 2.45) is 17.8 Å². The van der Waals surface area contributed by atoms with Crippen molar-refractivity contribution in [3.8, 4) is 0 Å². The highest BCUT2D eigenvalue weighted by molar-refractivity contribution is 5.82. The van der Waals surface area contributed by atoms with Gasteiger partial charge in [-0.2, -0.15) is 0 Å². The Labute approximate surface area is 92.2 Å². The van der Waals surface area contributed by atoms with Crippen molar-refractivity contribution in [2.75, 3.05) is 27.2 Å². The maximum Gasteiger partial charge on any atom is 0.226 e. The lowest BCUT2D eigenvalue weighted by molar-refractivity contribution is -0.132. The lowest BCUT2D eigenvalue weighted by Crippen LogP contribution is -2.31. The summed E-state index contributed by atoms with van der Waals surface area (Å²) in [4.78, 5) is 13.9. The molecule has 0 aromatic carbocycles. The Kier molecular flexibility index (Phi) is 3.29. The van der Waals surface area contributed by atoms with E-state index in [0.29, 0.717) is 11.8 Å². The number of hydrogen-bond acceptors (Lipinski definition) is 2. The molecule has 2 aliphatic rings. The number of amides is 1. The summed E-state index contributed by atoms with van der Waals surface area (Å²) in [6, 6.07) is 0. The van der Waals surface area contributed by atoms with Gasteiger partial charge < -0.3 is 10.2 Å². The van der Waals surface area contributed by atoms with Gasteiger partial charge in [-0.15, -0.1) is 0 Å². The van der Waals surface area contributed by atoms with Gasteiger partial charge in [-0.25, -0.2) is 0 Å². The van der Waals surface area contributed by atoms with E-state index in [9.17, 15) is 4.79 Å². The van der Waals surface area contributed by atoms with E-state index in [1.165, 1.54) is 19.3 Å². The molecular formula is C12H22N2O. The van der Waals surface area contributed by atoms with Crippen LogP contribution in [0.2, 0.25) is 0 Å². The van der Waals surface area contributed by atoms with Gasteiger partial charge in [-0.1, -0.05) is 6.42 Å². The van der Waals surface area contributed by atoms with Crippen molar-refractivity contribution >= 4 is 5.91 Å². The molecule has 0 spiro atoms. The molecule has 1 N–H and O–H groups in total. The smallest absolute Gasteiger partial charge is 0.226 e. The van der Waals surface area contributed by atoms with Crippen molar-refractivity contribution < 1.29 is 4.79 Å². The molecule has 0 aromatic heterocycles. The molecular weight excluding hydrogens is 188 g/mol. The zero-order valence-electron chi connectivity index (χ0n) is 9.83. The third kappa shape index (κ3) is 2.17. The van der Waals surface area contributed by atoms with Crippen molar-refractivity contribution in [1.29, 1.82) is 0 Å². The predicted octanol–water partition coefficient (Wildman–Crippen LogP) is 1.10. The molecule has 2 fully saturated rings. The van der Waals surface area contributed by atoms with E-state index in [4.69, 9.17) is 0 Å². The molecule has 2 rings (SSSR count). The number of carbonyl (C=O) groups excluding carboxylic acids is 1. The summed E-state index contributed by atoms with van der Waals surface area (Å²) in [6.45, 7) is 1.89. The zero-order valence-corrected chi connectivity index (χ0v) is 9.83. The van der Waals surface area contributed by atoms with Gasteiger partial charge in [-0.3, -0.25) is 4.79 Å². The summed E-state index contributed by atoms with van der Waals surface area (Å²) in [5, 5.41) is 3.11. The fraction of sp³-hybridized carbons (Fsp3) is 0.917. The van der Waals surface area contributed by atoms with Crippen LogP contribution in [0.25, 0.3) is 0 Å². The standard InChI is InChI=1S/C12H22N2O/c1-13-7-4-8-14(2)12(15)11-9-5-3-6-10(9)11/h9-11,13H,3-8H2,1-2H3. The van der Waals surface area contributed by atoms with Crippen molar-refractivity contribution in [3.63, 3.8) is 0 Å². The van der Waals surface area contributed by atoms with E-state index in [0.717, 1.165) is 31.3 Å². The second kappa shape index (κ2) is 4.52. The minimum Gasteiger partial charge on any atom is -0.345 e. The molecule has 1 amide bonds. The first-order chi connectivity index (χ1) is 7.25. The lowest BCUT2D eigenvalue weighted by Gasteiger charge is -2.18. The first-order valence-corrected chi connectivity index (χ1v) is 6.15. The van der Waals surface area contributed by atoms with Crippen molar-refractivity contribution in [2.45, 2.75) is 25.7 Å². The number of hydrogen-bond donors (Lipinski definition) is 1. The average molecular weight is 210 g/mol. The van der Waals surface area contributed by atoms with Crippen LogP contribution >= 0.6 is 0 Å². The Morgan fingerprint density at radius 1 is 1.40 bits per heavy atom. The Bertz CT molecular complexity index is 232. The molecule has 0 radical (unpaired) electrons. The van der Waals surface area contributed by atoms with Gasteiger partial charge in [0.25, 0.3) is 0 Å². The molecule has 0 saturated heterocycles. The largest absolute Gasteiger partial charge is 0.345 e. The summed E-state index contributed by atoms with van der Waals surface area (Å²) in [5.74, 6) is 2.31. The Morgan fingerprint density at radius 3 is 2.67 bits per heavy atom. The van der Waals surface area contributed by atoms with Gasteiger partial charge in [0, 0.05) is 19.5 Å². The fourth-order valence-electron chi connectivity index (χ4n) is 3.05. The summed E-state index contributed by atoms with van der Waals surface area (Å²) in [5.41, 5.74) is 0. The maximum atomic E-state index is 12.0. The van der Waals surface area contributed by atoms with Crippen LogP contribution in [0.3, 0.4) is 0 Å². The number of nitrogens with one attached hydrogen (secondary N) is 1. The molecule has 86 valence electrons. The zero-order chi connectivity index (χ0) is 10.8. The van der Waals surface area contributed by atoms with Gasteiger partial charge in [0.2, 0.25) is 5.91 Å². The normalized spacial score (nSPS) is 32.5. The third-order valence-corrected chi connectivity index (χ3v) is 3.99. The molecule has 2 atom stereocenters. The lowest BCUT2D eigenvalue weighted by atomic mass is 10.1.